The Morgan fingerprint density at radius 1 is 0.950 bits per heavy atom. The maximum atomic E-state index is 6.11. The molecule has 2 nitrogen and oxygen atoms in total. The van der Waals surface area contributed by atoms with E-state index in [4.69, 9.17) is 8.85 Å². The Labute approximate surface area is 126 Å². The third-order valence-electron chi connectivity index (χ3n) is 4.76. The molecule has 0 aromatic carbocycles. The first kappa shape index (κ1) is 15.8. The van der Waals surface area contributed by atoms with Crippen molar-refractivity contribution in [3.8, 4) is 0 Å². The standard InChI is InChI=1S/C17H30O2Si/c1-15(17-12-8-5-9-13-17)19-20(18-2)14-16-10-6-3-4-7-11-16/h14,16-17H,1,3-13H2,2H3. The second-order valence-corrected chi connectivity index (χ2v) is 7.93. The topological polar surface area (TPSA) is 18.5 Å². The highest BCUT2D eigenvalue weighted by Gasteiger charge is 2.20. The number of hydrogen-bond acceptors (Lipinski definition) is 2. The van der Waals surface area contributed by atoms with Crippen LogP contribution in [0.4, 0.5) is 0 Å². The molecule has 0 radical (unpaired) electrons. The Hall–Kier alpha value is -0.573. The molecule has 3 heteroatoms. The Morgan fingerprint density at radius 3 is 2.10 bits per heavy atom. The summed E-state index contributed by atoms with van der Waals surface area (Å²) in [6.07, 6.45) is 14.7. The molecule has 2 fully saturated rings. The van der Waals surface area contributed by atoms with Gasteiger partial charge in [0.1, 0.15) is 0 Å². The van der Waals surface area contributed by atoms with Gasteiger partial charge < -0.3 is 8.85 Å². The van der Waals surface area contributed by atoms with E-state index < -0.39 is 8.90 Å². The molecule has 20 heavy (non-hydrogen) atoms. The molecule has 0 spiro atoms. The summed E-state index contributed by atoms with van der Waals surface area (Å²) in [5.74, 6) is 2.26. The molecule has 0 N–H and O–H groups in total. The molecule has 0 amide bonds. The van der Waals surface area contributed by atoms with E-state index in [9.17, 15) is 0 Å². The molecule has 0 heterocycles. The van der Waals surface area contributed by atoms with Gasteiger partial charge in [0.05, 0.1) is 12.9 Å². The normalized spacial score (nSPS) is 23.1. The molecule has 0 aromatic heterocycles. The van der Waals surface area contributed by atoms with Gasteiger partial charge >= 0.3 is 8.90 Å². The first-order chi connectivity index (χ1) is 9.79. The van der Waals surface area contributed by atoms with Crippen LogP contribution in [0.25, 0.3) is 0 Å². The van der Waals surface area contributed by atoms with E-state index in [1.54, 1.807) is 7.11 Å². The van der Waals surface area contributed by atoms with Gasteiger partial charge in [-0.25, -0.2) is 0 Å². The quantitative estimate of drug-likeness (QED) is 0.419. The highest BCUT2D eigenvalue weighted by atomic mass is 28.3. The highest BCUT2D eigenvalue weighted by molar-refractivity contribution is 6.54. The minimum atomic E-state index is -1.27. The maximum absolute atomic E-state index is 6.11. The zero-order valence-corrected chi connectivity index (χ0v) is 14.0. The molecule has 2 rings (SSSR count). The lowest BCUT2D eigenvalue weighted by atomic mass is 9.88. The van der Waals surface area contributed by atoms with Gasteiger partial charge in [-0.1, -0.05) is 51.5 Å². The molecule has 2 aliphatic carbocycles. The molecule has 0 bridgehead atoms. The summed E-state index contributed by atoms with van der Waals surface area (Å²) in [4.78, 5) is 0. The molecule has 2 aliphatic rings. The van der Waals surface area contributed by atoms with Gasteiger partial charge in [0.25, 0.3) is 0 Å². The lowest BCUT2D eigenvalue weighted by molar-refractivity contribution is 0.251. The lowest BCUT2D eigenvalue weighted by Gasteiger charge is -2.24. The first-order valence-electron chi connectivity index (χ1n) is 8.42. The van der Waals surface area contributed by atoms with E-state index in [-0.39, 0.29) is 0 Å². The van der Waals surface area contributed by atoms with Crippen molar-refractivity contribution in [3.63, 3.8) is 0 Å². The number of rotatable bonds is 5. The van der Waals surface area contributed by atoms with Crippen LogP contribution in [-0.2, 0) is 8.85 Å². The van der Waals surface area contributed by atoms with Crippen LogP contribution in [0.1, 0.15) is 70.6 Å². The minimum absolute atomic E-state index is 0.571. The van der Waals surface area contributed by atoms with Crippen LogP contribution in [0.3, 0.4) is 0 Å². The fraction of sp³-hybridized carbons (Fsp3) is 0.824. The van der Waals surface area contributed by atoms with Gasteiger partial charge in [-0.3, -0.25) is 0 Å². The Bertz CT molecular complexity index is 324. The fourth-order valence-corrected chi connectivity index (χ4v) is 4.88. The molecule has 114 valence electrons. The predicted octanol–water partition coefficient (Wildman–Crippen LogP) is 4.59. The van der Waals surface area contributed by atoms with Gasteiger partial charge in [-0.2, -0.15) is 0 Å². The average molecular weight is 295 g/mol. The van der Waals surface area contributed by atoms with Crippen molar-refractivity contribution in [2.75, 3.05) is 7.11 Å². The van der Waals surface area contributed by atoms with Crippen LogP contribution in [-0.4, -0.2) is 21.7 Å². The van der Waals surface area contributed by atoms with Crippen molar-refractivity contribution >= 4 is 14.6 Å². The van der Waals surface area contributed by atoms with Gasteiger partial charge in [-0.05, 0) is 37.3 Å². The van der Waals surface area contributed by atoms with Gasteiger partial charge in [0.2, 0.25) is 0 Å². The van der Waals surface area contributed by atoms with Crippen molar-refractivity contribution in [2.45, 2.75) is 70.6 Å². The van der Waals surface area contributed by atoms with E-state index >= 15 is 0 Å². The van der Waals surface area contributed by atoms with Crippen LogP contribution in [0, 0.1) is 11.8 Å². The summed E-state index contributed by atoms with van der Waals surface area (Å²) in [5.41, 5.74) is 2.38. The van der Waals surface area contributed by atoms with Gasteiger partial charge in [0.15, 0.2) is 0 Å². The molecule has 0 aromatic rings. The summed E-state index contributed by atoms with van der Waals surface area (Å²) in [6.45, 7) is 4.18. The van der Waals surface area contributed by atoms with Crippen LogP contribution in [0.5, 0.6) is 0 Å². The first-order valence-corrected chi connectivity index (χ1v) is 9.81. The maximum Gasteiger partial charge on any atom is 0.481 e. The van der Waals surface area contributed by atoms with E-state index in [1.165, 1.54) is 70.6 Å². The average Bonchev–Trinajstić information content (AvgIpc) is 2.76. The van der Waals surface area contributed by atoms with Crippen LogP contribution < -0.4 is 0 Å². The summed E-state index contributed by atoms with van der Waals surface area (Å²) < 4.78 is 11.7. The minimum Gasteiger partial charge on any atom is -0.526 e. The van der Waals surface area contributed by atoms with Crippen molar-refractivity contribution in [1.82, 2.24) is 0 Å². The summed E-state index contributed by atoms with van der Waals surface area (Å²) >= 11 is 0. The molecule has 0 aliphatic heterocycles. The third kappa shape index (κ3) is 5.08. The highest BCUT2D eigenvalue weighted by Crippen LogP contribution is 2.29. The fourth-order valence-electron chi connectivity index (χ4n) is 3.45. The lowest BCUT2D eigenvalue weighted by Crippen LogP contribution is -2.21. The molecular formula is C17H30O2Si. The Balaban J connectivity index is 1.87. The van der Waals surface area contributed by atoms with Crippen molar-refractivity contribution in [2.24, 2.45) is 11.8 Å². The summed E-state index contributed by atoms with van der Waals surface area (Å²) in [7, 11) is 0.517. The second kappa shape index (κ2) is 8.66. The van der Waals surface area contributed by atoms with Gasteiger partial charge in [0, 0.05) is 5.92 Å². The van der Waals surface area contributed by atoms with Gasteiger partial charge in [-0.15, -0.1) is 0 Å². The summed E-state index contributed by atoms with van der Waals surface area (Å²) in [5, 5.41) is 0. The SMILES string of the molecule is C=C(O[Si](=CC1CCCCCC1)OC)C1CCCCC1. The smallest absolute Gasteiger partial charge is 0.481 e. The zero-order chi connectivity index (χ0) is 14.2. The Kier molecular flexibility index (Phi) is 6.84. The molecule has 0 atom stereocenters. The van der Waals surface area contributed by atoms with Crippen molar-refractivity contribution in [1.29, 1.82) is 0 Å². The Morgan fingerprint density at radius 2 is 1.50 bits per heavy atom. The van der Waals surface area contributed by atoms with Crippen LogP contribution >= 0.6 is 0 Å². The monoisotopic (exact) mass is 294 g/mol. The van der Waals surface area contributed by atoms with Crippen molar-refractivity contribution in [3.05, 3.63) is 12.3 Å². The molecular weight excluding hydrogens is 264 g/mol. The van der Waals surface area contributed by atoms with E-state index in [1.807, 2.05) is 0 Å². The zero-order valence-electron chi connectivity index (χ0n) is 13.0. The van der Waals surface area contributed by atoms with Crippen molar-refractivity contribution < 1.29 is 8.85 Å². The van der Waals surface area contributed by atoms with Crippen LogP contribution in [0.2, 0.25) is 0 Å². The molecule has 0 unspecified atom stereocenters. The number of allylic oxidation sites excluding steroid dienone is 1. The molecule has 0 saturated heterocycles. The van der Waals surface area contributed by atoms with Crippen LogP contribution in [0.15, 0.2) is 12.3 Å². The summed E-state index contributed by atoms with van der Waals surface area (Å²) in [6, 6.07) is 0. The predicted molar refractivity (Wildman–Crippen MR) is 86.8 cm³/mol. The largest absolute Gasteiger partial charge is 0.526 e. The number of hydrogen-bond donors (Lipinski definition) is 0. The van der Waals surface area contributed by atoms with E-state index in [2.05, 4.69) is 12.3 Å². The van der Waals surface area contributed by atoms with E-state index in [0.717, 1.165) is 5.76 Å². The molecule has 2 saturated carbocycles. The third-order valence-corrected chi connectivity index (χ3v) is 6.37. The second-order valence-electron chi connectivity index (χ2n) is 6.34. The van der Waals surface area contributed by atoms with E-state index in [0.29, 0.717) is 11.8 Å².